The van der Waals surface area contributed by atoms with Gasteiger partial charge in [0, 0.05) is 43.4 Å². The van der Waals surface area contributed by atoms with Gasteiger partial charge < -0.3 is 19.9 Å². The summed E-state index contributed by atoms with van der Waals surface area (Å²) in [7, 11) is -1.63. The Balaban J connectivity index is 1.99. The van der Waals surface area contributed by atoms with Gasteiger partial charge in [0.1, 0.15) is 29.6 Å². The van der Waals surface area contributed by atoms with Gasteiger partial charge in [0.25, 0.3) is 0 Å². The molecule has 1 amide bonds. The summed E-state index contributed by atoms with van der Waals surface area (Å²) in [5, 5.41) is 3.37. The van der Waals surface area contributed by atoms with E-state index < -0.39 is 9.84 Å². The molecule has 0 aliphatic carbocycles. The molecule has 0 unspecified atom stereocenters. The van der Waals surface area contributed by atoms with Crippen molar-refractivity contribution in [1.82, 2.24) is 15.0 Å². The van der Waals surface area contributed by atoms with Gasteiger partial charge in [0.15, 0.2) is 14.9 Å². The SMILES string of the molecule is CC(=O)Nc1cc2c(-c3nc(S(C)(=O)=O)cc4c3N(C)CCO4)c[nH]c2cn1. The largest absolute Gasteiger partial charge is 0.489 e. The summed E-state index contributed by atoms with van der Waals surface area (Å²) in [4.78, 5) is 25.1. The van der Waals surface area contributed by atoms with Gasteiger partial charge in [-0.2, -0.15) is 0 Å². The number of sulfone groups is 1. The number of hydrogen-bond donors (Lipinski definition) is 2. The van der Waals surface area contributed by atoms with Gasteiger partial charge in [0.2, 0.25) is 5.91 Å². The lowest BCUT2D eigenvalue weighted by Crippen LogP contribution is -2.30. The maximum Gasteiger partial charge on any atom is 0.222 e. The van der Waals surface area contributed by atoms with E-state index in [1.165, 1.54) is 13.0 Å². The lowest BCUT2D eigenvalue weighted by Gasteiger charge is -2.29. The highest BCUT2D eigenvalue weighted by atomic mass is 32.2. The van der Waals surface area contributed by atoms with Crippen molar-refractivity contribution in [3.63, 3.8) is 0 Å². The number of nitrogens with zero attached hydrogens (tertiary/aromatic N) is 3. The number of hydrogen-bond acceptors (Lipinski definition) is 7. The first kappa shape index (κ1) is 18.2. The number of fused-ring (bicyclic) bond motifs is 2. The topological polar surface area (TPSA) is 117 Å². The smallest absolute Gasteiger partial charge is 0.222 e. The zero-order chi connectivity index (χ0) is 20.1. The Labute approximate surface area is 161 Å². The maximum absolute atomic E-state index is 12.2. The molecule has 0 radical (unpaired) electrons. The fourth-order valence-corrected chi connectivity index (χ4v) is 3.80. The first-order valence-electron chi connectivity index (χ1n) is 8.58. The minimum atomic E-state index is -3.53. The number of pyridine rings is 2. The van der Waals surface area contributed by atoms with E-state index >= 15 is 0 Å². The number of carbonyl (C=O) groups excluding carboxylic acids is 1. The van der Waals surface area contributed by atoms with Crippen molar-refractivity contribution in [2.24, 2.45) is 0 Å². The molecule has 0 atom stereocenters. The molecule has 9 nitrogen and oxygen atoms in total. The van der Waals surface area contributed by atoms with Crippen LogP contribution in [0.25, 0.3) is 22.2 Å². The third-order valence-electron chi connectivity index (χ3n) is 4.51. The summed E-state index contributed by atoms with van der Waals surface area (Å²) in [5.74, 6) is 0.648. The van der Waals surface area contributed by atoms with Crippen LogP contribution in [0, 0.1) is 0 Å². The van der Waals surface area contributed by atoms with Crippen LogP contribution in [0.3, 0.4) is 0 Å². The molecule has 0 aromatic carbocycles. The van der Waals surface area contributed by atoms with Gasteiger partial charge in [0.05, 0.1) is 18.3 Å². The third kappa shape index (κ3) is 3.15. The lowest BCUT2D eigenvalue weighted by molar-refractivity contribution is -0.114. The summed E-state index contributed by atoms with van der Waals surface area (Å²) in [6.07, 6.45) is 4.48. The predicted octanol–water partition coefficient (Wildman–Crippen LogP) is 1.82. The Morgan fingerprint density at radius 1 is 1.36 bits per heavy atom. The number of nitrogens with one attached hydrogen (secondary N) is 2. The van der Waals surface area contributed by atoms with Crippen molar-refractivity contribution in [2.75, 3.05) is 36.7 Å². The van der Waals surface area contributed by atoms with Gasteiger partial charge in [-0.05, 0) is 6.07 Å². The minimum absolute atomic E-state index is 0.0537. The van der Waals surface area contributed by atoms with Crippen LogP contribution in [0.2, 0.25) is 0 Å². The number of anilines is 2. The molecule has 4 rings (SSSR count). The summed E-state index contributed by atoms with van der Waals surface area (Å²) in [5.41, 5.74) is 2.65. The molecule has 3 aromatic heterocycles. The molecule has 0 spiro atoms. The molecule has 0 bridgehead atoms. The van der Waals surface area contributed by atoms with Gasteiger partial charge >= 0.3 is 0 Å². The van der Waals surface area contributed by atoms with Crippen molar-refractivity contribution in [3.8, 4) is 17.0 Å². The van der Waals surface area contributed by atoms with E-state index in [-0.39, 0.29) is 10.9 Å². The fraction of sp³-hybridized carbons (Fsp3) is 0.278. The van der Waals surface area contributed by atoms with E-state index in [0.717, 1.165) is 22.8 Å². The second-order valence-electron chi connectivity index (χ2n) is 6.70. The Hall–Kier alpha value is -3.14. The molecule has 10 heteroatoms. The second-order valence-corrected chi connectivity index (χ2v) is 8.66. The zero-order valence-corrected chi connectivity index (χ0v) is 16.4. The van der Waals surface area contributed by atoms with Crippen LogP contribution in [0.1, 0.15) is 6.92 Å². The summed E-state index contributed by atoms with van der Waals surface area (Å²) >= 11 is 0. The Kier molecular flexibility index (Phi) is 4.22. The first-order valence-corrected chi connectivity index (χ1v) is 10.5. The van der Waals surface area contributed by atoms with Crippen molar-refractivity contribution in [3.05, 3.63) is 24.5 Å². The molecule has 1 aliphatic heterocycles. The number of rotatable bonds is 3. The van der Waals surface area contributed by atoms with E-state index in [2.05, 4.69) is 20.3 Å². The molecule has 28 heavy (non-hydrogen) atoms. The second kappa shape index (κ2) is 6.48. The molecule has 0 saturated carbocycles. The van der Waals surface area contributed by atoms with E-state index in [0.29, 0.717) is 36.0 Å². The number of aromatic amines is 1. The number of amides is 1. The van der Waals surface area contributed by atoms with Crippen molar-refractivity contribution in [1.29, 1.82) is 0 Å². The molecule has 4 heterocycles. The van der Waals surface area contributed by atoms with Gasteiger partial charge in [-0.3, -0.25) is 4.79 Å². The van der Waals surface area contributed by atoms with Crippen LogP contribution in [0.5, 0.6) is 5.75 Å². The van der Waals surface area contributed by atoms with E-state index in [4.69, 9.17) is 4.74 Å². The van der Waals surface area contributed by atoms with E-state index in [1.807, 2.05) is 11.9 Å². The monoisotopic (exact) mass is 401 g/mol. The average Bonchev–Trinajstić information content (AvgIpc) is 3.03. The van der Waals surface area contributed by atoms with E-state index in [1.54, 1.807) is 18.5 Å². The number of likely N-dealkylation sites (N-methyl/N-ethyl adjacent to an activating group) is 1. The average molecular weight is 401 g/mol. The summed E-state index contributed by atoms with van der Waals surface area (Å²) < 4.78 is 30.1. The Morgan fingerprint density at radius 2 is 2.14 bits per heavy atom. The highest BCUT2D eigenvalue weighted by Crippen LogP contribution is 2.42. The van der Waals surface area contributed by atoms with Crippen LogP contribution in [-0.4, -0.2) is 55.7 Å². The van der Waals surface area contributed by atoms with Gasteiger partial charge in [-0.15, -0.1) is 0 Å². The molecular weight excluding hydrogens is 382 g/mol. The van der Waals surface area contributed by atoms with Crippen LogP contribution in [0.15, 0.2) is 29.6 Å². The Bertz CT molecular complexity index is 1200. The highest BCUT2D eigenvalue weighted by Gasteiger charge is 2.26. The number of carbonyl (C=O) groups is 1. The normalized spacial score (nSPS) is 13.9. The zero-order valence-electron chi connectivity index (χ0n) is 15.6. The quantitative estimate of drug-likeness (QED) is 0.687. The predicted molar refractivity (Wildman–Crippen MR) is 106 cm³/mol. The van der Waals surface area contributed by atoms with Crippen LogP contribution in [0.4, 0.5) is 11.5 Å². The van der Waals surface area contributed by atoms with Crippen LogP contribution >= 0.6 is 0 Å². The van der Waals surface area contributed by atoms with Crippen LogP contribution < -0.4 is 15.0 Å². The summed E-state index contributed by atoms with van der Waals surface area (Å²) in [6.45, 7) is 2.52. The fourth-order valence-electron chi connectivity index (χ4n) is 3.22. The maximum atomic E-state index is 12.2. The highest BCUT2D eigenvalue weighted by molar-refractivity contribution is 7.90. The molecule has 1 aliphatic rings. The van der Waals surface area contributed by atoms with Crippen molar-refractivity contribution < 1.29 is 17.9 Å². The first-order chi connectivity index (χ1) is 13.2. The molecular formula is C18H19N5O4S. The van der Waals surface area contributed by atoms with Crippen molar-refractivity contribution >= 4 is 38.2 Å². The molecule has 0 fully saturated rings. The number of aromatic nitrogens is 3. The Morgan fingerprint density at radius 3 is 2.86 bits per heavy atom. The van der Waals surface area contributed by atoms with Crippen molar-refractivity contribution in [2.45, 2.75) is 11.9 Å². The third-order valence-corrected chi connectivity index (χ3v) is 5.47. The summed E-state index contributed by atoms with van der Waals surface area (Å²) in [6, 6.07) is 3.19. The van der Waals surface area contributed by atoms with Crippen LogP contribution in [-0.2, 0) is 14.6 Å². The van der Waals surface area contributed by atoms with Gasteiger partial charge in [-0.1, -0.05) is 0 Å². The molecule has 0 saturated heterocycles. The number of ether oxygens (including phenoxy) is 1. The standard InChI is InChI=1S/C18H19N5O4S/c1-10(24)21-15-6-11-12(8-19-13(11)9-20-15)17-18-14(27-5-4-23(18)2)7-16(22-17)28(3,25)26/h6-9,19H,4-5H2,1-3H3,(H,20,21,24). The lowest BCUT2D eigenvalue weighted by atomic mass is 10.1. The molecule has 146 valence electrons. The van der Waals surface area contributed by atoms with Gasteiger partial charge in [-0.25, -0.2) is 18.4 Å². The molecule has 2 N–H and O–H groups in total. The molecule has 3 aromatic rings. The number of H-pyrrole nitrogens is 1. The van der Waals surface area contributed by atoms with E-state index in [9.17, 15) is 13.2 Å². The minimum Gasteiger partial charge on any atom is -0.489 e.